The van der Waals surface area contributed by atoms with Gasteiger partial charge >= 0.3 is 0 Å². The number of aryl methyl sites for hydroxylation is 1. The van der Waals surface area contributed by atoms with Crippen LogP contribution in [0.2, 0.25) is 0 Å². The van der Waals surface area contributed by atoms with Crippen LogP contribution in [0.3, 0.4) is 0 Å². The molecule has 3 heteroatoms. The van der Waals surface area contributed by atoms with Crippen molar-refractivity contribution >= 4 is 6.29 Å². The highest BCUT2D eigenvalue weighted by Gasteiger charge is 2.23. The minimum absolute atomic E-state index is 0.549. The first kappa shape index (κ1) is 8.48. The van der Waals surface area contributed by atoms with E-state index < -0.39 is 0 Å². The monoisotopic (exact) mass is 178 g/mol. The van der Waals surface area contributed by atoms with E-state index in [0.29, 0.717) is 6.04 Å². The molecule has 13 heavy (non-hydrogen) atoms. The van der Waals surface area contributed by atoms with Crippen LogP contribution >= 0.6 is 0 Å². The number of nitrogens with zero attached hydrogens (tertiary/aromatic N) is 2. The summed E-state index contributed by atoms with van der Waals surface area (Å²) in [5.74, 6) is 0. The lowest BCUT2D eigenvalue weighted by Crippen LogP contribution is -2.19. The molecule has 0 radical (unpaired) electrons. The van der Waals surface area contributed by atoms with Gasteiger partial charge in [0.1, 0.15) is 0 Å². The van der Waals surface area contributed by atoms with Gasteiger partial charge in [-0.1, -0.05) is 0 Å². The zero-order chi connectivity index (χ0) is 9.42. The fourth-order valence-corrected chi connectivity index (χ4v) is 1.83. The summed E-state index contributed by atoms with van der Waals surface area (Å²) in [5, 5.41) is 4.39. The summed E-state index contributed by atoms with van der Waals surface area (Å²) in [5.41, 5.74) is 2.66. The summed E-state index contributed by atoms with van der Waals surface area (Å²) < 4.78 is 2.02. The molecule has 3 nitrogen and oxygen atoms in total. The Morgan fingerprint density at radius 3 is 2.54 bits per heavy atom. The fourth-order valence-electron chi connectivity index (χ4n) is 1.83. The van der Waals surface area contributed by atoms with Crippen molar-refractivity contribution in [3.63, 3.8) is 0 Å². The summed E-state index contributed by atoms with van der Waals surface area (Å²) in [4.78, 5) is 10.7. The molecular weight excluding hydrogens is 164 g/mol. The molecule has 1 aliphatic rings. The average Bonchev–Trinajstić information content (AvgIpc) is 2.25. The summed E-state index contributed by atoms with van der Waals surface area (Å²) in [6.07, 6.45) is 4.62. The number of aromatic nitrogens is 2. The van der Waals surface area contributed by atoms with E-state index in [1.807, 2.05) is 18.5 Å². The Bertz CT molecular complexity index is 337. The van der Waals surface area contributed by atoms with Crippen molar-refractivity contribution in [1.82, 2.24) is 9.78 Å². The molecule has 70 valence electrons. The molecule has 0 atom stereocenters. The van der Waals surface area contributed by atoms with Crippen LogP contribution in [0.25, 0.3) is 0 Å². The number of hydrogen-bond donors (Lipinski definition) is 0. The first-order chi connectivity index (χ1) is 6.24. The molecule has 1 saturated carbocycles. The quantitative estimate of drug-likeness (QED) is 0.649. The van der Waals surface area contributed by atoms with Crippen LogP contribution in [-0.4, -0.2) is 16.1 Å². The Kier molecular flexibility index (Phi) is 1.94. The normalized spacial score (nSPS) is 17.1. The number of carbonyl (C=O) groups excluding carboxylic acids is 1. The van der Waals surface area contributed by atoms with E-state index in [1.54, 1.807) is 0 Å². The molecule has 1 fully saturated rings. The van der Waals surface area contributed by atoms with Crippen LogP contribution < -0.4 is 0 Å². The highest BCUT2D eigenvalue weighted by Crippen LogP contribution is 2.32. The maximum atomic E-state index is 10.7. The lowest BCUT2D eigenvalue weighted by molar-refractivity contribution is 0.112. The van der Waals surface area contributed by atoms with Gasteiger partial charge in [0.25, 0.3) is 0 Å². The molecule has 0 aliphatic heterocycles. The molecule has 1 aromatic rings. The predicted octanol–water partition coefficient (Wildman–Crippen LogP) is 2.04. The Labute approximate surface area is 77.7 Å². The standard InChI is InChI=1S/C10H14N2O/c1-7-10(6-13)8(2)12(11-7)9-4-3-5-9/h6,9H,3-5H2,1-2H3. The number of hydrogen-bond acceptors (Lipinski definition) is 2. The Morgan fingerprint density at radius 1 is 1.46 bits per heavy atom. The van der Waals surface area contributed by atoms with Gasteiger partial charge in [-0.25, -0.2) is 0 Å². The van der Waals surface area contributed by atoms with Crippen LogP contribution in [-0.2, 0) is 0 Å². The molecule has 0 unspecified atom stereocenters. The highest BCUT2D eigenvalue weighted by molar-refractivity contribution is 5.78. The van der Waals surface area contributed by atoms with E-state index in [1.165, 1.54) is 19.3 Å². The molecule has 1 aliphatic carbocycles. The second-order valence-electron chi connectivity index (χ2n) is 3.73. The molecule has 0 amide bonds. The average molecular weight is 178 g/mol. The van der Waals surface area contributed by atoms with Crippen molar-refractivity contribution in [3.05, 3.63) is 17.0 Å². The zero-order valence-corrected chi connectivity index (χ0v) is 8.08. The first-order valence-corrected chi connectivity index (χ1v) is 4.75. The lowest BCUT2D eigenvalue weighted by atomic mass is 9.93. The van der Waals surface area contributed by atoms with Crippen LogP contribution in [0, 0.1) is 13.8 Å². The van der Waals surface area contributed by atoms with Crippen molar-refractivity contribution < 1.29 is 4.79 Å². The van der Waals surface area contributed by atoms with Gasteiger partial charge in [-0.15, -0.1) is 0 Å². The van der Waals surface area contributed by atoms with Gasteiger partial charge in [-0.2, -0.15) is 5.10 Å². The van der Waals surface area contributed by atoms with Crippen molar-refractivity contribution in [3.8, 4) is 0 Å². The molecule has 0 N–H and O–H groups in total. The van der Waals surface area contributed by atoms with E-state index in [9.17, 15) is 4.79 Å². The lowest BCUT2D eigenvalue weighted by Gasteiger charge is -2.26. The van der Waals surface area contributed by atoms with E-state index in [-0.39, 0.29) is 0 Å². The molecular formula is C10H14N2O. The Hall–Kier alpha value is -1.12. The molecule has 1 heterocycles. The third-order valence-electron chi connectivity index (χ3n) is 2.92. The highest BCUT2D eigenvalue weighted by atomic mass is 16.1. The maximum absolute atomic E-state index is 10.7. The van der Waals surface area contributed by atoms with Gasteiger partial charge in [0.15, 0.2) is 6.29 Å². The van der Waals surface area contributed by atoms with E-state index in [0.717, 1.165) is 23.2 Å². The topological polar surface area (TPSA) is 34.9 Å². The van der Waals surface area contributed by atoms with Crippen molar-refractivity contribution in [1.29, 1.82) is 0 Å². The fraction of sp³-hybridized carbons (Fsp3) is 0.600. The summed E-state index contributed by atoms with van der Waals surface area (Å²) in [7, 11) is 0. The van der Waals surface area contributed by atoms with Gasteiger partial charge in [0, 0.05) is 5.69 Å². The first-order valence-electron chi connectivity index (χ1n) is 4.75. The summed E-state index contributed by atoms with van der Waals surface area (Å²) in [6.45, 7) is 3.87. The minimum atomic E-state index is 0.549. The Morgan fingerprint density at radius 2 is 2.15 bits per heavy atom. The van der Waals surface area contributed by atoms with Crippen molar-refractivity contribution in [2.45, 2.75) is 39.2 Å². The van der Waals surface area contributed by atoms with Crippen LogP contribution in [0.5, 0.6) is 0 Å². The Balaban J connectivity index is 2.40. The second-order valence-corrected chi connectivity index (χ2v) is 3.73. The van der Waals surface area contributed by atoms with E-state index in [2.05, 4.69) is 5.10 Å². The van der Waals surface area contributed by atoms with Crippen molar-refractivity contribution in [2.75, 3.05) is 0 Å². The molecule has 0 aromatic carbocycles. The van der Waals surface area contributed by atoms with Gasteiger partial charge in [-0.3, -0.25) is 9.48 Å². The number of carbonyl (C=O) groups is 1. The number of rotatable bonds is 2. The van der Waals surface area contributed by atoms with E-state index >= 15 is 0 Å². The third-order valence-corrected chi connectivity index (χ3v) is 2.92. The number of aldehydes is 1. The maximum Gasteiger partial charge on any atom is 0.153 e. The predicted molar refractivity (Wildman–Crippen MR) is 50.0 cm³/mol. The zero-order valence-electron chi connectivity index (χ0n) is 8.08. The smallest absolute Gasteiger partial charge is 0.153 e. The van der Waals surface area contributed by atoms with Crippen molar-refractivity contribution in [2.24, 2.45) is 0 Å². The minimum Gasteiger partial charge on any atom is -0.298 e. The second kappa shape index (κ2) is 2.98. The molecule has 0 spiro atoms. The molecule has 0 bridgehead atoms. The summed E-state index contributed by atoms with van der Waals surface area (Å²) in [6, 6.07) is 0.549. The van der Waals surface area contributed by atoms with Gasteiger partial charge in [-0.05, 0) is 33.1 Å². The molecule has 2 rings (SSSR count). The van der Waals surface area contributed by atoms with Crippen LogP contribution in [0.15, 0.2) is 0 Å². The van der Waals surface area contributed by atoms with Gasteiger partial charge in [0.05, 0.1) is 17.3 Å². The largest absolute Gasteiger partial charge is 0.298 e. The van der Waals surface area contributed by atoms with Gasteiger partial charge < -0.3 is 0 Å². The van der Waals surface area contributed by atoms with E-state index in [4.69, 9.17) is 0 Å². The van der Waals surface area contributed by atoms with Crippen LogP contribution in [0.1, 0.15) is 47.1 Å². The molecule has 1 aromatic heterocycles. The SMILES string of the molecule is Cc1nn(C2CCC2)c(C)c1C=O. The van der Waals surface area contributed by atoms with Gasteiger partial charge in [0.2, 0.25) is 0 Å². The van der Waals surface area contributed by atoms with Crippen LogP contribution in [0.4, 0.5) is 0 Å². The third kappa shape index (κ3) is 1.19. The molecule has 0 saturated heterocycles. The summed E-state index contributed by atoms with van der Waals surface area (Å²) >= 11 is 0.